The van der Waals surface area contributed by atoms with Gasteiger partial charge >= 0.3 is 0 Å². The van der Waals surface area contributed by atoms with Crippen LogP contribution in [0.25, 0.3) is 17.0 Å². The summed E-state index contributed by atoms with van der Waals surface area (Å²) in [5.41, 5.74) is 3.70. The average Bonchev–Trinajstić information content (AvgIpc) is 3.41. The van der Waals surface area contributed by atoms with E-state index in [1.54, 1.807) is 24.1 Å². The number of nitro benzene ring substituents is 1. The van der Waals surface area contributed by atoms with Gasteiger partial charge in [-0.05, 0) is 60.7 Å². The maximum Gasteiger partial charge on any atom is 0.269 e. The molecule has 8 nitrogen and oxygen atoms in total. The number of aliphatic imine (C=N–C) groups is 1. The van der Waals surface area contributed by atoms with Crippen molar-refractivity contribution < 1.29 is 14.5 Å². The summed E-state index contributed by atoms with van der Waals surface area (Å²) < 4.78 is 7.31. The minimum absolute atomic E-state index is 0.0656. The normalized spacial score (nSPS) is 15.7. The van der Waals surface area contributed by atoms with Crippen molar-refractivity contribution in [3.05, 3.63) is 105 Å². The van der Waals surface area contributed by atoms with Gasteiger partial charge in [0.05, 0.1) is 22.6 Å². The van der Waals surface area contributed by atoms with Crippen molar-refractivity contribution in [3.63, 3.8) is 0 Å². The number of carbonyl (C=O) groups is 1. The van der Waals surface area contributed by atoms with Gasteiger partial charge in [-0.1, -0.05) is 30.3 Å². The first-order valence-corrected chi connectivity index (χ1v) is 12.5. The standard InChI is InChI=1S/C28H24N4O4S/c1-3-31-27(33)26(37-28(31)29-21-10-14-23(36-2)15-11-21)16-20-18-30(25-7-5-4-6-24(20)25)17-19-8-12-22(13-9-19)32(34)35/h4-16,18H,3,17H2,1-2H3/b26-16+,29-28?. The number of thioether (sulfide) groups is 1. The number of aromatic nitrogens is 1. The Morgan fingerprint density at radius 3 is 2.46 bits per heavy atom. The molecular weight excluding hydrogens is 488 g/mol. The van der Waals surface area contributed by atoms with Gasteiger partial charge in [-0.15, -0.1) is 0 Å². The molecular formula is C28H24N4O4S. The molecule has 1 amide bonds. The summed E-state index contributed by atoms with van der Waals surface area (Å²) in [5.74, 6) is 0.670. The molecule has 0 spiro atoms. The number of hydrogen-bond acceptors (Lipinski definition) is 6. The zero-order valence-corrected chi connectivity index (χ0v) is 21.1. The molecule has 0 N–H and O–H groups in total. The third kappa shape index (κ3) is 4.99. The second kappa shape index (κ2) is 10.3. The van der Waals surface area contributed by atoms with Crippen LogP contribution in [0.5, 0.6) is 5.75 Å². The van der Waals surface area contributed by atoms with Gasteiger partial charge in [0.15, 0.2) is 5.17 Å². The number of amidine groups is 1. The molecule has 4 aromatic rings. The fourth-order valence-electron chi connectivity index (χ4n) is 4.22. The van der Waals surface area contributed by atoms with Gasteiger partial charge in [0.1, 0.15) is 5.75 Å². The smallest absolute Gasteiger partial charge is 0.269 e. The fraction of sp³-hybridized carbons (Fsp3) is 0.143. The topological polar surface area (TPSA) is 90.0 Å². The predicted octanol–water partition coefficient (Wildman–Crippen LogP) is 6.23. The zero-order valence-electron chi connectivity index (χ0n) is 20.3. The first-order valence-electron chi connectivity index (χ1n) is 11.7. The van der Waals surface area contributed by atoms with E-state index in [9.17, 15) is 14.9 Å². The molecule has 9 heteroatoms. The molecule has 0 aliphatic carbocycles. The van der Waals surface area contributed by atoms with Crippen LogP contribution in [0.15, 0.2) is 88.9 Å². The van der Waals surface area contributed by atoms with E-state index in [1.807, 2.05) is 67.7 Å². The number of likely N-dealkylation sites (N-methyl/N-ethyl adjacent to an activating group) is 1. The van der Waals surface area contributed by atoms with Crippen LogP contribution < -0.4 is 4.74 Å². The van der Waals surface area contributed by atoms with Crippen LogP contribution in [-0.4, -0.2) is 39.1 Å². The number of benzene rings is 3. The quantitative estimate of drug-likeness (QED) is 0.166. The third-order valence-corrected chi connectivity index (χ3v) is 7.11. The number of non-ortho nitro benzene ring substituents is 1. The number of rotatable bonds is 7. The second-order valence-electron chi connectivity index (χ2n) is 8.41. The molecule has 0 bridgehead atoms. The van der Waals surface area contributed by atoms with Crippen LogP contribution in [0.2, 0.25) is 0 Å². The van der Waals surface area contributed by atoms with Crippen molar-refractivity contribution in [3.8, 4) is 5.75 Å². The molecule has 37 heavy (non-hydrogen) atoms. The van der Waals surface area contributed by atoms with E-state index in [0.29, 0.717) is 23.2 Å². The molecule has 0 unspecified atom stereocenters. The van der Waals surface area contributed by atoms with Crippen molar-refractivity contribution in [2.45, 2.75) is 13.5 Å². The lowest BCUT2D eigenvalue weighted by Crippen LogP contribution is -2.28. The molecule has 1 saturated heterocycles. The van der Waals surface area contributed by atoms with Gasteiger partial charge in [0, 0.05) is 47.9 Å². The van der Waals surface area contributed by atoms with E-state index in [1.165, 1.54) is 23.9 Å². The Hall–Kier alpha value is -4.37. The van der Waals surface area contributed by atoms with Gasteiger partial charge in [0.2, 0.25) is 0 Å². The lowest BCUT2D eigenvalue weighted by molar-refractivity contribution is -0.384. The summed E-state index contributed by atoms with van der Waals surface area (Å²) in [4.78, 5) is 30.8. The maximum absolute atomic E-state index is 13.2. The molecule has 2 heterocycles. The minimum atomic E-state index is -0.402. The van der Waals surface area contributed by atoms with E-state index in [4.69, 9.17) is 9.73 Å². The number of methoxy groups -OCH3 is 1. The predicted molar refractivity (Wildman–Crippen MR) is 147 cm³/mol. The number of para-hydroxylation sites is 1. The summed E-state index contributed by atoms with van der Waals surface area (Å²) in [6.45, 7) is 3.00. The van der Waals surface area contributed by atoms with Gasteiger partial charge in [-0.25, -0.2) is 4.99 Å². The summed E-state index contributed by atoms with van der Waals surface area (Å²) >= 11 is 1.36. The van der Waals surface area contributed by atoms with Crippen LogP contribution in [0.3, 0.4) is 0 Å². The summed E-state index contributed by atoms with van der Waals surface area (Å²) in [6.07, 6.45) is 3.93. The Morgan fingerprint density at radius 1 is 1.05 bits per heavy atom. The summed E-state index contributed by atoms with van der Waals surface area (Å²) in [7, 11) is 1.62. The molecule has 1 aromatic heterocycles. The minimum Gasteiger partial charge on any atom is -0.497 e. The Morgan fingerprint density at radius 2 is 1.78 bits per heavy atom. The van der Waals surface area contributed by atoms with E-state index in [-0.39, 0.29) is 11.6 Å². The monoisotopic (exact) mass is 512 g/mol. The number of amides is 1. The molecule has 5 rings (SSSR count). The number of ether oxygens (including phenoxy) is 1. The van der Waals surface area contributed by atoms with Gasteiger partial charge in [0.25, 0.3) is 11.6 Å². The van der Waals surface area contributed by atoms with Crippen LogP contribution in [0.1, 0.15) is 18.1 Å². The van der Waals surface area contributed by atoms with E-state index in [2.05, 4.69) is 4.57 Å². The highest BCUT2D eigenvalue weighted by atomic mass is 32.2. The zero-order chi connectivity index (χ0) is 25.9. The van der Waals surface area contributed by atoms with Crippen LogP contribution >= 0.6 is 11.8 Å². The van der Waals surface area contributed by atoms with Crippen LogP contribution in [0.4, 0.5) is 11.4 Å². The summed E-state index contributed by atoms with van der Waals surface area (Å²) in [6, 6.07) is 22.0. The molecule has 186 valence electrons. The third-order valence-electron chi connectivity index (χ3n) is 6.11. The molecule has 0 radical (unpaired) electrons. The highest BCUT2D eigenvalue weighted by Crippen LogP contribution is 2.36. The van der Waals surface area contributed by atoms with Gasteiger partial charge in [-0.2, -0.15) is 0 Å². The number of fused-ring (bicyclic) bond motifs is 1. The highest BCUT2D eigenvalue weighted by Gasteiger charge is 2.32. The average molecular weight is 513 g/mol. The highest BCUT2D eigenvalue weighted by molar-refractivity contribution is 8.18. The molecule has 0 saturated carbocycles. The Bertz CT molecular complexity index is 1540. The van der Waals surface area contributed by atoms with Crippen LogP contribution in [-0.2, 0) is 11.3 Å². The van der Waals surface area contributed by atoms with Gasteiger partial charge in [-0.3, -0.25) is 19.8 Å². The van der Waals surface area contributed by atoms with E-state index >= 15 is 0 Å². The molecule has 1 fully saturated rings. The van der Waals surface area contributed by atoms with Crippen LogP contribution in [0, 0.1) is 10.1 Å². The maximum atomic E-state index is 13.2. The lowest BCUT2D eigenvalue weighted by Gasteiger charge is -2.12. The number of nitrogens with zero attached hydrogens (tertiary/aromatic N) is 4. The van der Waals surface area contributed by atoms with Crippen molar-refractivity contribution in [1.29, 1.82) is 0 Å². The van der Waals surface area contributed by atoms with Crippen molar-refractivity contribution in [2.24, 2.45) is 4.99 Å². The van der Waals surface area contributed by atoms with E-state index < -0.39 is 4.92 Å². The Balaban J connectivity index is 1.47. The fourth-order valence-corrected chi connectivity index (χ4v) is 5.27. The number of carbonyl (C=O) groups excluding carboxylic acids is 1. The molecule has 1 aliphatic heterocycles. The largest absolute Gasteiger partial charge is 0.497 e. The SMILES string of the molecule is CCN1C(=O)/C(=C\c2cn(Cc3ccc([N+](=O)[O-])cc3)c3ccccc23)SC1=Nc1ccc(OC)cc1. The first-order chi connectivity index (χ1) is 18.0. The van der Waals surface area contributed by atoms with Crippen molar-refractivity contribution in [2.75, 3.05) is 13.7 Å². The van der Waals surface area contributed by atoms with E-state index in [0.717, 1.165) is 33.5 Å². The Labute approximate surface area is 218 Å². The molecule has 3 aromatic carbocycles. The number of hydrogen-bond donors (Lipinski definition) is 0. The Kier molecular flexibility index (Phi) is 6.78. The molecule has 0 atom stereocenters. The first kappa shape index (κ1) is 24.3. The summed E-state index contributed by atoms with van der Waals surface area (Å²) in [5, 5.41) is 12.6. The van der Waals surface area contributed by atoms with Crippen molar-refractivity contribution in [1.82, 2.24) is 9.47 Å². The number of nitro groups is 1. The van der Waals surface area contributed by atoms with Crippen molar-refractivity contribution >= 4 is 51.2 Å². The second-order valence-corrected chi connectivity index (χ2v) is 9.41. The van der Waals surface area contributed by atoms with Gasteiger partial charge < -0.3 is 9.30 Å². The molecule has 1 aliphatic rings. The lowest BCUT2D eigenvalue weighted by atomic mass is 10.1.